The standard InChI is InChI=1S/C19H18N2O4S/c1-12(18(22)21-10-4-5-11-21)24-19(23)15-9-8-14(25-15)17-20-13-6-2-3-7-16(13)26-17/h2-3,6-9,12H,4-5,10-11H2,1H3/t12-/m0/s1. The van der Waals surface area contributed by atoms with E-state index in [1.807, 2.05) is 24.3 Å². The number of esters is 1. The lowest BCUT2D eigenvalue weighted by Gasteiger charge is -2.19. The lowest BCUT2D eigenvalue weighted by molar-refractivity contribution is -0.138. The highest BCUT2D eigenvalue weighted by Crippen LogP contribution is 2.31. The Hall–Kier alpha value is -2.67. The first-order valence-electron chi connectivity index (χ1n) is 8.57. The third-order valence-corrected chi connectivity index (χ3v) is 5.41. The summed E-state index contributed by atoms with van der Waals surface area (Å²) in [6.07, 6.45) is 1.17. The number of hydrogen-bond donors (Lipinski definition) is 0. The number of hydrogen-bond acceptors (Lipinski definition) is 6. The molecule has 7 heteroatoms. The Labute approximate surface area is 154 Å². The number of likely N-dealkylation sites (tertiary alicyclic amines) is 1. The Bertz CT molecular complexity index is 922. The van der Waals surface area contributed by atoms with Crippen LogP contribution in [0.1, 0.15) is 30.3 Å². The highest BCUT2D eigenvalue weighted by molar-refractivity contribution is 7.21. The predicted octanol–water partition coefficient (Wildman–Crippen LogP) is 3.72. The number of fused-ring (bicyclic) bond motifs is 1. The molecule has 1 fully saturated rings. The second-order valence-electron chi connectivity index (χ2n) is 6.23. The van der Waals surface area contributed by atoms with Gasteiger partial charge in [0.25, 0.3) is 5.91 Å². The van der Waals surface area contributed by atoms with Crippen molar-refractivity contribution < 1.29 is 18.7 Å². The molecule has 3 heterocycles. The molecule has 0 N–H and O–H groups in total. The molecule has 1 aliphatic rings. The number of thiazole rings is 1. The van der Waals surface area contributed by atoms with Gasteiger partial charge < -0.3 is 14.1 Å². The van der Waals surface area contributed by atoms with Gasteiger partial charge in [-0.2, -0.15) is 0 Å². The molecule has 3 aromatic rings. The summed E-state index contributed by atoms with van der Waals surface area (Å²) in [7, 11) is 0. The van der Waals surface area contributed by atoms with E-state index in [1.165, 1.54) is 11.3 Å². The maximum atomic E-state index is 12.3. The molecule has 1 atom stereocenters. The molecule has 26 heavy (non-hydrogen) atoms. The average molecular weight is 370 g/mol. The fraction of sp³-hybridized carbons (Fsp3) is 0.316. The zero-order chi connectivity index (χ0) is 18.1. The van der Waals surface area contributed by atoms with Crippen LogP contribution in [0.5, 0.6) is 0 Å². The summed E-state index contributed by atoms with van der Waals surface area (Å²) in [5, 5.41) is 0.700. The van der Waals surface area contributed by atoms with Crippen LogP contribution in [-0.4, -0.2) is 41.0 Å². The van der Waals surface area contributed by atoms with Gasteiger partial charge in [0.2, 0.25) is 5.76 Å². The van der Waals surface area contributed by atoms with Gasteiger partial charge in [-0.1, -0.05) is 12.1 Å². The lowest BCUT2D eigenvalue weighted by Crippen LogP contribution is -2.38. The summed E-state index contributed by atoms with van der Waals surface area (Å²) >= 11 is 1.49. The quantitative estimate of drug-likeness (QED) is 0.655. The van der Waals surface area contributed by atoms with Crippen molar-refractivity contribution in [2.75, 3.05) is 13.1 Å². The molecule has 4 rings (SSSR count). The monoisotopic (exact) mass is 370 g/mol. The molecule has 0 aliphatic carbocycles. The van der Waals surface area contributed by atoms with Gasteiger partial charge in [0.15, 0.2) is 16.9 Å². The molecular weight excluding hydrogens is 352 g/mol. The minimum absolute atomic E-state index is 0.0697. The van der Waals surface area contributed by atoms with Crippen molar-refractivity contribution >= 4 is 33.4 Å². The Morgan fingerprint density at radius 3 is 2.73 bits per heavy atom. The number of furan rings is 1. The minimum Gasteiger partial charge on any atom is -0.447 e. The minimum atomic E-state index is -0.823. The van der Waals surface area contributed by atoms with E-state index in [4.69, 9.17) is 9.15 Å². The van der Waals surface area contributed by atoms with E-state index in [0.29, 0.717) is 10.8 Å². The number of nitrogens with zero attached hydrogens (tertiary/aromatic N) is 2. The number of aromatic nitrogens is 1. The Morgan fingerprint density at radius 2 is 1.96 bits per heavy atom. The number of carbonyl (C=O) groups excluding carboxylic acids is 2. The molecule has 6 nitrogen and oxygen atoms in total. The van der Waals surface area contributed by atoms with Crippen LogP contribution in [0.4, 0.5) is 0 Å². The van der Waals surface area contributed by atoms with Gasteiger partial charge in [0, 0.05) is 13.1 Å². The summed E-state index contributed by atoms with van der Waals surface area (Å²) in [5.74, 6) is -0.219. The highest BCUT2D eigenvalue weighted by Gasteiger charge is 2.27. The molecule has 2 aromatic heterocycles. The van der Waals surface area contributed by atoms with Gasteiger partial charge in [0.1, 0.15) is 0 Å². The third kappa shape index (κ3) is 3.22. The summed E-state index contributed by atoms with van der Waals surface area (Å²) in [6, 6.07) is 11.0. The van der Waals surface area contributed by atoms with Crippen LogP contribution < -0.4 is 0 Å². The first kappa shape index (κ1) is 16.8. The third-order valence-electron chi connectivity index (χ3n) is 4.36. The van der Waals surface area contributed by atoms with E-state index in [1.54, 1.807) is 24.0 Å². The largest absolute Gasteiger partial charge is 0.447 e. The highest BCUT2D eigenvalue weighted by atomic mass is 32.1. The summed E-state index contributed by atoms with van der Waals surface area (Å²) in [6.45, 7) is 3.04. The van der Waals surface area contributed by atoms with Gasteiger partial charge in [-0.3, -0.25) is 4.79 Å². The van der Waals surface area contributed by atoms with Gasteiger partial charge in [-0.05, 0) is 44.0 Å². The number of benzene rings is 1. The van der Waals surface area contributed by atoms with Crippen LogP contribution in [0.25, 0.3) is 21.0 Å². The smallest absolute Gasteiger partial charge is 0.375 e. The van der Waals surface area contributed by atoms with E-state index < -0.39 is 12.1 Å². The SMILES string of the molecule is C[C@H](OC(=O)c1ccc(-c2nc3ccccc3s2)o1)C(=O)N1CCCC1. The van der Waals surface area contributed by atoms with Crippen molar-refractivity contribution in [3.63, 3.8) is 0 Å². The van der Waals surface area contributed by atoms with E-state index in [9.17, 15) is 9.59 Å². The molecule has 1 amide bonds. The topological polar surface area (TPSA) is 72.6 Å². The second kappa shape index (κ2) is 6.92. The molecule has 0 unspecified atom stereocenters. The van der Waals surface area contributed by atoms with Crippen molar-refractivity contribution in [2.45, 2.75) is 25.9 Å². The molecule has 1 aliphatic heterocycles. The average Bonchev–Trinajstić information content (AvgIpc) is 3.40. The van der Waals surface area contributed by atoms with Crippen LogP contribution in [-0.2, 0) is 9.53 Å². The van der Waals surface area contributed by atoms with Crippen molar-refractivity contribution in [1.29, 1.82) is 0 Å². The molecular formula is C19H18N2O4S. The maximum Gasteiger partial charge on any atom is 0.375 e. The number of para-hydroxylation sites is 1. The zero-order valence-corrected chi connectivity index (χ0v) is 15.1. The summed E-state index contributed by atoms with van der Waals surface area (Å²) in [4.78, 5) is 30.8. The number of rotatable bonds is 4. The maximum absolute atomic E-state index is 12.3. The van der Waals surface area contributed by atoms with E-state index >= 15 is 0 Å². The van der Waals surface area contributed by atoms with E-state index in [2.05, 4.69) is 4.98 Å². The molecule has 0 bridgehead atoms. The van der Waals surface area contributed by atoms with Crippen molar-refractivity contribution in [1.82, 2.24) is 9.88 Å². The Kier molecular flexibility index (Phi) is 4.46. The van der Waals surface area contributed by atoms with E-state index in [-0.39, 0.29) is 11.7 Å². The van der Waals surface area contributed by atoms with Crippen molar-refractivity contribution in [3.8, 4) is 10.8 Å². The van der Waals surface area contributed by atoms with Gasteiger partial charge in [0.05, 0.1) is 10.2 Å². The van der Waals surface area contributed by atoms with Gasteiger partial charge in [-0.25, -0.2) is 9.78 Å². The fourth-order valence-electron chi connectivity index (χ4n) is 3.00. The summed E-state index contributed by atoms with van der Waals surface area (Å²) in [5.41, 5.74) is 0.887. The first-order chi connectivity index (χ1) is 12.6. The second-order valence-corrected chi connectivity index (χ2v) is 7.26. The van der Waals surface area contributed by atoms with Crippen LogP contribution >= 0.6 is 11.3 Å². The molecule has 0 spiro atoms. The zero-order valence-electron chi connectivity index (χ0n) is 14.3. The fourth-order valence-corrected chi connectivity index (χ4v) is 3.93. The molecule has 1 aromatic carbocycles. The Balaban J connectivity index is 1.46. The number of amides is 1. The first-order valence-corrected chi connectivity index (χ1v) is 9.39. The lowest BCUT2D eigenvalue weighted by atomic mass is 10.3. The van der Waals surface area contributed by atoms with Crippen molar-refractivity contribution in [3.05, 3.63) is 42.2 Å². The van der Waals surface area contributed by atoms with Crippen LogP contribution in [0.2, 0.25) is 0 Å². The van der Waals surface area contributed by atoms with Crippen LogP contribution in [0.3, 0.4) is 0 Å². The van der Waals surface area contributed by atoms with Gasteiger partial charge in [-0.15, -0.1) is 11.3 Å². The van der Waals surface area contributed by atoms with Crippen LogP contribution in [0, 0.1) is 0 Å². The normalized spacial score (nSPS) is 15.3. The molecule has 134 valence electrons. The molecule has 0 saturated carbocycles. The summed E-state index contributed by atoms with van der Waals surface area (Å²) < 4.78 is 11.9. The number of ether oxygens (including phenoxy) is 1. The van der Waals surface area contributed by atoms with Crippen molar-refractivity contribution in [2.24, 2.45) is 0 Å². The van der Waals surface area contributed by atoms with Gasteiger partial charge >= 0.3 is 5.97 Å². The number of carbonyl (C=O) groups is 2. The van der Waals surface area contributed by atoms with Crippen LogP contribution in [0.15, 0.2) is 40.8 Å². The molecule has 1 saturated heterocycles. The molecule has 0 radical (unpaired) electrons. The predicted molar refractivity (Wildman–Crippen MR) is 98.0 cm³/mol. The van der Waals surface area contributed by atoms with E-state index in [0.717, 1.165) is 36.1 Å². The Morgan fingerprint density at radius 1 is 1.19 bits per heavy atom.